The molecule has 1 unspecified atom stereocenters. The molecular weight excluding hydrogens is 292 g/mol. The second-order valence-electron chi connectivity index (χ2n) is 7.26. The Labute approximate surface area is 136 Å². The Morgan fingerprint density at radius 2 is 2.04 bits per heavy atom. The largest absolute Gasteiger partial charge is 0.481 e. The number of hydrogen-bond donors (Lipinski definition) is 1. The van der Waals surface area contributed by atoms with Crippen molar-refractivity contribution < 1.29 is 14.7 Å². The third-order valence-corrected chi connectivity index (χ3v) is 5.00. The number of amides is 2. The van der Waals surface area contributed by atoms with Crippen molar-refractivity contribution in [1.29, 1.82) is 0 Å². The summed E-state index contributed by atoms with van der Waals surface area (Å²) in [6, 6.07) is 8.07. The first-order valence-corrected chi connectivity index (χ1v) is 8.27. The molecule has 0 aromatic heterocycles. The van der Waals surface area contributed by atoms with E-state index < -0.39 is 5.97 Å². The number of aryl methyl sites for hydroxylation is 1. The van der Waals surface area contributed by atoms with Gasteiger partial charge in [-0.3, -0.25) is 9.69 Å². The van der Waals surface area contributed by atoms with E-state index in [-0.39, 0.29) is 23.9 Å². The van der Waals surface area contributed by atoms with Crippen LogP contribution in [0, 0.1) is 5.92 Å². The van der Waals surface area contributed by atoms with E-state index in [9.17, 15) is 9.59 Å². The zero-order chi connectivity index (χ0) is 16.6. The van der Waals surface area contributed by atoms with Gasteiger partial charge in [-0.25, -0.2) is 4.79 Å². The Kier molecular flexibility index (Phi) is 4.04. The molecule has 0 bridgehead atoms. The molecule has 2 aliphatic heterocycles. The summed E-state index contributed by atoms with van der Waals surface area (Å²) < 4.78 is 0. The van der Waals surface area contributed by atoms with Gasteiger partial charge in [-0.2, -0.15) is 0 Å². The normalized spacial score (nSPS) is 22.8. The molecule has 1 aromatic carbocycles. The van der Waals surface area contributed by atoms with Gasteiger partial charge in [-0.15, -0.1) is 0 Å². The van der Waals surface area contributed by atoms with E-state index in [4.69, 9.17) is 5.11 Å². The molecule has 1 atom stereocenters. The third kappa shape index (κ3) is 3.05. The van der Waals surface area contributed by atoms with E-state index >= 15 is 0 Å². The quantitative estimate of drug-likeness (QED) is 0.912. The second-order valence-corrected chi connectivity index (χ2v) is 7.26. The fourth-order valence-electron chi connectivity index (χ4n) is 3.99. The highest BCUT2D eigenvalue weighted by molar-refractivity contribution is 5.94. The Balaban J connectivity index is 1.82. The fourth-order valence-corrected chi connectivity index (χ4v) is 3.99. The number of carbonyl (C=O) groups excluding carboxylic acids is 1. The number of nitrogens with zero attached hydrogens (tertiary/aromatic N) is 2. The maximum absolute atomic E-state index is 13.1. The van der Waals surface area contributed by atoms with Gasteiger partial charge in [0, 0.05) is 30.7 Å². The van der Waals surface area contributed by atoms with E-state index in [0.29, 0.717) is 6.54 Å². The standard InChI is InChI=1S/C18H24N2O3/c1-18(2)11-13(10-16(21)22)12-20(18)17(23)19-9-5-7-14-6-3-4-8-15(14)19/h3-4,6,8,13H,5,7,9-12H2,1-2H3,(H,21,22). The van der Waals surface area contributed by atoms with Crippen molar-refractivity contribution in [2.45, 2.75) is 45.1 Å². The molecule has 5 heteroatoms. The van der Waals surface area contributed by atoms with E-state index in [1.807, 2.05) is 41.8 Å². The van der Waals surface area contributed by atoms with Crippen molar-refractivity contribution in [1.82, 2.24) is 4.90 Å². The van der Waals surface area contributed by atoms with Crippen LogP contribution in [0.25, 0.3) is 0 Å². The Morgan fingerprint density at radius 3 is 2.78 bits per heavy atom. The SMILES string of the molecule is CC1(C)CC(CC(=O)O)CN1C(=O)N1CCCc2ccccc21. The average Bonchev–Trinajstić information content (AvgIpc) is 2.79. The van der Waals surface area contributed by atoms with Crippen LogP contribution in [0.15, 0.2) is 24.3 Å². The molecule has 1 saturated heterocycles. The van der Waals surface area contributed by atoms with E-state index in [1.165, 1.54) is 5.56 Å². The van der Waals surface area contributed by atoms with Crippen LogP contribution in [-0.2, 0) is 11.2 Å². The van der Waals surface area contributed by atoms with E-state index in [0.717, 1.165) is 31.5 Å². The number of hydrogen-bond acceptors (Lipinski definition) is 2. The number of rotatable bonds is 2. The summed E-state index contributed by atoms with van der Waals surface area (Å²) in [5, 5.41) is 9.03. The highest BCUT2D eigenvalue weighted by Crippen LogP contribution is 2.37. The fraction of sp³-hybridized carbons (Fsp3) is 0.556. The summed E-state index contributed by atoms with van der Waals surface area (Å²) in [6.45, 7) is 5.31. The lowest BCUT2D eigenvalue weighted by molar-refractivity contribution is -0.138. The van der Waals surface area contributed by atoms with Crippen molar-refractivity contribution in [3.8, 4) is 0 Å². The van der Waals surface area contributed by atoms with Gasteiger partial charge < -0.3 is 10.0 Å². The number of benzene rings is 1. The molecule has 1 aromatic rings. The molecule has 23 heavy (non-hydrogen) atoms. The van der Waals surface area contributed by atoms with Gasteiger partial charge in [-0.1, -0.05) is 18.2 Å². The molecular formula is C18H24N2O3. The van der Waals surface area contributed by atoms with Gasteiger partial charge in [-0.05, 0) is 50.7 Å². The lowest BCUT2D eigenvalue weighted by Crippen LogP contribution is -2.51. The van der Waals surface area contributed by atoms with Gasteiger partial charge in [0.15, 0.2) is 0 Å². The molecule has 0 spiro atoms. The van der Waals surface area contributed by atoms with Crippen molar-refractivity contribution >= 4 is 17.7 Å². The smallest absolute Gasteiger partial charge is 0.324 e. The number of carbonyl (C=O) groups is 2. The number of aliphatic carboxylic acids is 1. The van der Waals surface area contributed by atoms with Gasteiger partial charge in [0.05, 0.1) is 0 Å². The Hall–Kier alpha value is -2.04. The summed E-state index contributed by atoms with van der Waals surface area (Å²) in [4.78, 5) is 27.8. The molecule has 0 radical (unpaired) electrons. The summed E-state index contributed by atoms with van der Waals surface area (Å²) in [5.74, 6) is -0.755. The van der Waals surface area contributed by atoms with Crippen molar-refractivity contribution in [3.63, 3.8) is 0 Å². The van der Waals surface area contributed by atoms with E-state index in [2.05, 4.69) is 6.07 Å². The predicted octanol–water partition coefficient (Wildman–Crippen LogP) is 3.13. The van der Waals surface area contributed by atoms with Gasteiger partial charge in [0.2, 0.25) is 0 Å². The van der Waals surface area contributed by atoms with Crippen molar-refractivity contribution in [2.75, 3.05) is 18.0 Å². The lowest BCUT2D eigenvalue weighted by atomic mass is 9.94. The minimum absolute atomic E-state index is 0.00930. The van der Waals surface area contributed by atoms with Crippen molar-refractivity contribution in [3.05, 3.63) is 29.8 Å². The minimum atomic E-state index is -0.789. The van der Waals surface area contributed by atoms with Gasteiger partial charge in [0.25, 0.3) is 0 Å². The summed E-state index contributed by atoms with van der Waals surface area (Å²) in [5.41, 5.74) is 1.91. The van der Waals surface area contributed by atoms with E-state index in [1.54, 1.807) is 0 Å². The third-order valence-electron chi connectivity index (χ3n) is 5.00. The topological polar surface area (TPSA) is 60.9 Å². The number of anilines is 1. The van der Waals surface area contributed by atoms with Crippen LogP contribution in [0.4, 0.5) is 10.5 Å². The Morgan fingerprint density at radius 1 is 1.30 bits per heavy atom. The number of urea groups is 1. The first kappa shape index (κ1) is 15.8. The highest BCUT2D eigenvalue weighted by atomic mass is 16.4. The van der Waals surface area contributed by atoms with Crippen LogP contribution >= 0.6 is 0 Å². The summed E-state index contributed by atoms with van der Waals surface area (Å²) >= 11 is 0. The molecule has 3 rings (SSSR count). The van der Waals surface area contributed by atoms with Crippen LogP contribution < -0.4 is 4.90 Å². The predicted molar refractivity (Wildman–Crippen MR) is 88.6 cm³/mol. The molecule has 1 fully saturated rings. The molecule has 2 aliphatic rings. The summed E-state index contributed by atoms with van der Waals surface area (Å²) in [6.07, 6.45) is 2.84. The molecule has 2 heterocycles. The molecule has 5 nitrogen and oxygen atoms in total. The zero-order valence-electron chi connectivity index (χ0n) is 13.8. The maximum atomic E-state index is 13.1. The van der Waals surface area contributed by atoms with Crippen LogP contribution in [0.1, 0.15) is 38.7 Å². The molecule has 0 saturated carbocycles. The van der Waals surface area contributed by atoms with Crippen LogP contribution in [0.3, 0.4) is 0 Å². The monoisotopic (exact) mass is 316 g/mol. The number of carboxylic acids is 1. The van der Waals surface area contributed by atoms with Crippen LogP contribution in [0.2, 0.25) is 0 Å². The number of carboxylic acid groups (broad SMARTS) is 1. The molecule has 124 valence electrons. The van der Waals surface area contributed by atoms with Crippen LogP contribution in [0.5, 0.6) is 0 Å². The first-order chi connectivity index (χ1) is 10.9. The number of fused-ring (bicyclic) bond motifs is 1. The Bertz CT molecular complexity index is 626. The minimum Gasteiger partial charge on any atom is -0.481 e. The van der Waals surface area contributed by atoms with Gasteiger partial charge >= 0.3 is 12.0 Å². The maximum Gasteiger partial charge on any atom is 0.324 e. The van der Waals surface area contributed by atoms with Gasteiger partial charge in [0.1, 0.15) is 0 Å². The van der Waals surface area contributed by atoms with Crippen molar-refractivity contribution in [2.24, 2.45) is 5.92 Å². The second kappa shape index (κ2) is 5.87. The number of para-hydroxylation sites is 1. The first-order valence-electron chi connectivity index (χ1n) is 8.27. The number of likely N-dealkylation sites (tertiary alicyclic amines) is 1. The highest BCUT2D eigenvalue weighted by Gasteiger charge is 2.43. The lowest BCUT2D eigenvalue weighted by Gasteiger charge is -2.38. The molecule has 0 aliphatic carbocycles. The molecule has 2 amide bonds. The molecule has 1 N–H and O–H groups in total. The zero-order valence-corrected chi connectivity index (χ0v) is 13.8. The van der Waals surface area contributed by atoms with Crippen LogP contribution in [-0.4, -0.2) is 40.6 Å². The summed E-state index contributed by atoms with van der Waals surface area (Å²) in [7, 11) is 0. The average molecular weight is 316 g/mol.